The van der Waals surface area contributed by atoms with E-state index < -0.39 is 0 Å². The third-order valence-corrected chi connectivity index (χ3v) is 8.08. The van der Waals surface area contributed by atoms with Crippen molar-refractivity contribution in [3.63, 3.8) is 0 Å². The van der Waals surface area contributed by atoms with Crippen LogP contribution >= 0.6 is 22.7 Å². The monoisotopic (exact) mass is 438 g/mol. The molecule has 0 unspecified atom stereocenters. The zero-order chi connectivity index (χ0) is 21.3. The summed E-state index contributed by atoms with van der Waals surface area (Å²) in [4.78, 5) is 11.9. The highest BCUT2D eigenvalue weighted by molar-refractivity contribution is 7.26. The van der Waals surface area contributed by atoms with Gasteiger partial charge in [-0.2, -0.15) is 0 Å². The first-order valence-electron chi connectivity index (χ1n) is 10.5. The molecule has 0 spiro atoms. The maximum atomic E-state index is 4.84. The molecule has 3 aromatic heterocycles. The lowest BCUT2D eigenvalue weighted by atomic mass is 9.82. The van der Waals surface area contributed by atoms with Gasteiger partial charge in [0, 0.05) is 36.0 Å². The molecule has 4 heteroatoms. The molecular formula is C27H22N2S2. The standard InChI is InChI=1S/C27H22N2S2/c1-15-11-19-21(30-15)9-10-22-23(19)24-25(28-14-29-26(24)31-22)17-12-16-7-5-6-8-18(16)20(13-17)27(2,3)4/h5-14H,1-4H3. The first-order valence-corrected chi connectivity index (χ1v) is 12.1. The Kier molecular flexibility index (Phi) is 4.02. The van der Waals surface area contributed by atoms with E-state index in [-0.39, 0.29) is 5.41 Å². The normalized spacial score (nSPS) is 12.5. The third kappa shape index (κ3) is 2.89. The molecule has 2 nitrogen and oxygen atoms in total. The van der Waals surface area contributed by atoms with Gasteiger partial charge in [-0.3, -0.25) is 0 Å². The maximum absolute atomic E-state index is 4.84. The molecule has 6 aromatic rings. The van der Waals surface area contributed by atoms with Gasteiger partial charge in [0.15, 0.2) is 0 Å². The molecule has 0 radical (unpaired) electrons. The minimum atomic E-state index is 0.0379. The molecule has 0 aliphatic carbocycles. The van der Waals surface area contributed by atoms with E-state index in [2.05, 4.69) is 87.3 Å². The van der Waals surface area contributed by atoms with Crippen molar-refractivity contribution in [2.24, 2.45) is 0 Å². The zero-order valence-electron chi connectivity index (χ0n) is 18.0. The minimum Gasteiger partial charge on any atom is -0.236 e. The number of hydrogen-bond acceptors (Lipinski definition) is 4. The van der Waals surface area contributed by atoms with Gasteiger partial charge in [0.1, 0.15) is 11.2 Å². The van der Waals surface area contributed by atoms with E-state index in [1.807, 2.05) is 11.3 Å². The third-order valence-electron chi connectivity index (χ3n) is 6.00. The van der Waals surface area contributed by atoms with Crippen molar-refractivity contribution in [1.29, 1.82) is 0 Å². The van der Waals surface area contributed by atoms with Crippen LogP contribution in [-0.4, -0.2) is 9.97 Å². The van der Waals surface area contributed by atoms with Crippen molar-refractivity contribution in [3.05, 3.63) is 71.4 Å². The molecule has 0 bridgehead atoms. The number of fused-ring (bicyclic) bond motifs is 6. The van der Waals surface area contributed by atoms with E-state index in [0.717, 1.165) is 10.5 Å². The summed E-state index contributed by atoms with van der Waals surface area (Å²) in [7, 11) is 0. The van der Waals surface area contributed by atoms with E-state index in [9.17, 15) is 0 Å². The largest absolute Gasteiger partial charge is 0.236 e. The highest BCUT2D eigenvalue weighted by Crippen LogP contribution is 2.44. The van der Waals surface area contributed by atoms with Crippen molar-refractivity contribution >= 4 is 63.8 Å². The van der Waals surface area contributed by atoms with E-state index in [0.29, 0.717) is 0 Å². The number of rotatable bonds is 1. The fourth-order valence-electron chi connectivity index (χ4n) is 4.62. The Morgan fingerprint density at radius 2 is 1.58 bits per heavy atom. The average molecular weight is 439 g/mol. The van der Waals surface area contributed by atoms with Crippen LogP contribution in [0.4, 0.5) is 0 Å². The number of aromatic nitrogens is 2. The Labute approximate surface area is 189 Å². The van der Waals surface area contributed by atoms with Crippen LogP contribution in [0.25, 0.3) is 52.4 Å². The van der Waals surface area contributed by atoms with Crippen LogP contribution in [0.5, 0.6) is 0 Å². The van der Waals surface area contributed by atoms with Gasteiger partial charge >= 0.3 is 0 Å². The lowest BCUT2D eigenvalue weighted by molar-refractivity contribution is 0.596. The van der Waals surface area contributed by atoms with Crippen molar-refractivity contribution in [1.82, 2.24) is 9.97 Å². The predicted octanol–water partition coefficient (Wildman–Crippen LogP) is 8.49. The Balaban J connectivity index is 1.76. The number of aryl methyl sites for hydroxylation is 1. The van der Waals surface area contributed by atoms with Gasteiger partial charge in [-0.25, -0.2) is 9.97 Å². The summed E-state index contributed by atoms with van der Waals surface area (Å²) in [5.41, 5.74) is 3.59. The molecule has 0 saturated carbocycles. The molecule has 0 aliphatic heterocycles. The lowest BCUT2D eigenvalue weighted by Gasteiger charge is -2.22. The van der Waals surface area contributed by atoms with Gasteiger partial charge in [-0.05, 0) is 59.0 Å². The van der Waals surface area contributed by atoms with E-state index >= 15 is 0 Å². The topological polar surface area (TPSA) is 25.8 Å². The summed E-state index contributed by atoms with van der Waals surface area (Å²) in [6.45, 7) is 9.03. The molecule has 0 atom stereocenters. The molecule has 3 aromatic carbocycles. The molecular weight excluding hydrogens is 416 g/mol. The molecule has 0 saturated heterocycles. The summed E-state index contributed by atoms with van der Waals surface area (Å²) >= 11 is 3.61. The first kappa shape index (κ1) is 18.9. The number of benzene rings is 3. The lowest BCUT2D eigenvalue weighted by Crippen LogP contribution is -2.12. The molecule has 152 valence electrons. The minimum absolute atomic E-state index is 0.0379. The van der Waals surface area contributed by atoms with Gasteiger partial charge in [0.25, 0.3) is 0 Å². The van der Waals surface area contributed by atoms with Crippen LogP contribution in [-0.2, 0) is 5.41 Å². The quantitative estimate of drug-likeness (QED) is 0.257. The number of hydrogen-bond donors (Lipinski definition) is 0. The van der Waals surface area contributed by atoms with E-state index in [1.54, 1.807) is 17.7 Å². The Bertz CT molecular complexity index is 1630. The summed E-state index contributed by atoms with van der Waals surface area (Å²) in [6, 6.07) is 20.1. The second kappa shape index (κ2) is 6.59. The van der Waals surface area contributed by atoms with Gasteiger partial charge in [-0.15, -0.1) is 22.7 Å². The fraction of sp³-hybridized carbons (Fsp3) is 0.185. The van der Waals surface area contributed by atoms with Crippen LogP contribution in [0.3, 0.4) is 0 Å². The highest BCUT2D eigenvalue weighted by Gasteiger charge is 2.21. The van der Waals surface area contributed by atoms with E-state index in [4.69, 9.17) is 4.98 Å². The maximum Gasteiger partial charge on any atom is 0.128 e. The summed E-state index contributed by atoms with van der Waals surface area (Å²) in [5, 5.41) is 6.37. The number of nitrogens with zero attached hydrogens (tertiary/aromatic N) is 2. The summed E-state index contributed by atoms with van der Waals surface area (Å²) in [5.74, 6) is 0. The molecule has 0 amide bonds. The predicted molar refractivity (Wildman–Crippen MR) is 137 cm³/mol. The zero-order valence-corrected chi connectivity index (χ0v) is 19.6. The highest BCUT2D eigenvalue weighted by atomic mass is 32.1. The van der Waals surface area contributed by atoms with Crippen LogP contribution in [0.2, 0.25) is 0 Å². The van der Waals surface area contributed by atoms with Crippen LogP contribution < -0.4 is 0 Å². The van der Waals surface area contributed by atoms with Crippen molar-refractivity contribution in [2.75, 3.05) is 0 Å². The average Bonchev–Trinajstić information content (AvgIpc) is 3.31. The fourth-order valence-corrected chi connectivity index (χ4v) is 6.61. The van der Waals surface area contributed by atoms with Crippen LogP contribution in [0.1, 0.15) is 31.2 Å². The first-order chi connectivity index (χ1) is 14.9. The van der Waals surface area contributed by atoms with Gasteiger partial charge < -0.3 is 0 Å². The molecule has 31 heavy (non-hydrogen) atoms. The second-order valence-electron chi connectivity index (χ2n) is 9.21. The van der Waals surface area contributed by atoms with Crippen molar-refractivity contribution < 1.29 is 0 Å². The van der Waals surface area contributed by atoms with Gasteiger partial charge in [0.2, 0.25) is 0 Å². The summed E-state index contributed by atoms with van der Waals surface area (Å²) in [6.07, 6.45) is 1.72. The Hall–Kier alpha value is -2.82. The summed E-state index contributed by atoms with van der Waals surface area (Å²) < 4.78 is 2.60. The van der Waals surface area contributed by atoms with Gasteiger partial charge in [-0.1, -0.05) is 45.0 Å². The Morgan fingerprint density at radius 1 is 0.774 bits per heavy atom. The molecule has 0 N–H and O–H groups in total. The molecule has 0 aliphatic rings. The van der Waals surface area contributed by atoms with Crippen molar-refractivity contribution in [3.8, 4) is 11.3 Å². The van der Waals surface area contributed by atoms with Crippen LogP contribution in [0, 0.1) is 6.92 Å². The smallest absolute Gasteiger partial charge is 0.128 e. The van der Waals surface area contributed by atoms with E-state index in [1.165, 1.54) is 52.3 Å². The number of thiophene rings is 2. The molecule has 3 heterocycles. The Morgan fingerprint density at radius 3 is 2.42 bits per heavy atom. The van der Waals surface area contributed by atoms with Gasteiger partial charge in [0.05, 0.1) is 5.69 Å². The SMILES string of the molecule is Cc1cc2c(ccc3sc4ncnc(-c5cc(C(C)(C)C)c6ccccc6c5)c4c32)s1. The van der Waals surface area contributed by atoms with Crippen LogP contribution in [0.15, 0.2) is 60.9 Å². The molecule has 6 rings (SSSR count). The molecule has 0 fully saturated rings. The van der Waals surface area contributed by atoms with Crippen molar-refractivity contribution in [2.45, 2.75) is 33.1 Å². The second-order valence-corrected chi connectivity index (χ2v) is 11.5.